The minimum atomic E-state index is -0.885. The number of thiazole rings is 1. The fourth-order valence-corrected chi connectivity index (χ4v) is 5.67. The Labute approximate surface area is 238 Å². The van der Waals surface area contributed by atoms with E-state index in [4.69, 9.17) is 14.2 Å². The summed E-state index contributed by atoms with van der Waals surface area (Å²) in [5, 5.41) is 11.5. The van der Waals surface area contributed by atoms with Crippen LogP contribution in [0.25, 0.3) is 6.08 Å². The minimum absolute atomic E-state index is 0.128. The molecule has 11 heteroatoms. The van der Waals surface area contributed by atoms with Crippen molar-refractivity contribution in [2.45, 2.75) is 19.6 Å². The first-order valence-corrected chi connectivity index (χ1v) is 13.3. The predicted molar refractivity (Wildman–Crippen MR) is 153 cm³/mol. The molecular formula is C30H25N3O7S. The Morgan fingerprint density at radius 2 is 1.80 bits per heavy atom. The molecule has 1 atom stereocenters. The van der Waals surface area contributed by atoms with E-state index in [9.17, 15) is 19.7 Å². The van der Waals surface area contributed by atoms with Crippen LogP contribution in [0.2, 0.25) is 0 Å². The quantitative estimate of drug-likeness (QED) is 0.179. The van der Waals surface area contributed by atoms with Gasteiger partial charge in [0.1, 0.15) is 6.61 Å². The van der Waals surface area contributed by atoms with Crippen molar-refractivity contribution in [2.24, 2.45) is 4.99 Å². The molecule has 0 saturated carbocycles. The molecule has 0 N–H and O–H groups in total. The van der Waals surface area contributed by atoms with E-state index in [1.165, 1.54) is 30.9 Å². The van der Waals surface area contributed by atoms with E-state index in [0.717, 1.165) is 16.9 Å². The summed E-state index contributed by atoms with van der Waals surface area (Å²) in [6.45, 7) is 2.00. The molecule has 0 radical (unpaired) electrons. The first kappa shape index (κ1) is 27.5. The van der Waals surface area contributed by atoms with Gasteiger partial charge in [-0.3, -0.25) is 19.5 Å². The van der Waals surface area contributed by atoms with Gasteiger partial charge in [-0.15, -0.1) is 0 Å². The normalized spacial score (nSPS) is 14.7. The number of nitro groups is 1. The topological polar surface area (TPSA) is 122 Å². The molecule has 0 amide bonds. The second-order valence-corrected chi connectivity index (χ2v) is 10.1. The Kier molecular flexibility index (Phi) is 7.79. The van der Waals surface area contributed by atoms with E-state index in [1.54, 1.807) is 43.3 Å². The third-order valence-corrected chi connectivity index (χ3v) is 7.57. The van der Waals surface area contributed by atoms with Crippen molar-refractivity contribution in [3.8, 4) is 11.5 Å². The maximum atomic E-state index is 13.8. The zero-order valence-electron chi connectivity index (χ0n) is 22.4. The van der Waals surface area contributed by atoms with Crippen molar-refractivity contribution in [1.29, 1.82) is 0 Å². The van der Waals surface area contributed by atoms with Gasteiger partial charge < -0.3 is 14.2 Å². The van der Waals surface area contributed by atoms with Crippen LogP contribution in [0.5, 0.6) is 11.5 Å². The van der Waals surface area contributed by atoms with Gasteiger partial charge in [0.25, 0.3) is 11.2 Å². The number of methoxy groups -OCH3 is 2. The van der Waals surface area contributed by atoms with Gasteiger partial charge in [-0.25, -0.2) is 9.79 Å². The highest BCUT2D eigenvalue weighted by Crippen LogP contribution is 2.36. The fraction of sp³-hybridized carbons (Fsp3) is 0.167. The number of hydrogen-bond donors (Lipinski definition) is 0. The van der Waals surface area contributed by atoms with Gasteiger partial charge in [-0.05, 0) is 42.3 Å². The van der Waals surface area contributed by atoms with Crippen molar-refractivity contribution in [3.63, 3.8) is 0 Å². The third-order valence-electron chi connectivity index (χ3n) is 6.59. The van der Waals surface area contributed by atoms with Gasteiger partial charge >= 0.3 is 5.97 Å². The Bertz CT molecular complexity index is 1860. The highest BCUT2D eigenvalue weighted by Gasteiger charge is 2.33. The summed E-state index contributed by atoms with van der Waals surface area (Å²) in [5.74, 6) is 0.274. The van der Waals surface area contributed by atoms with Gasteiger partial charge in [0.2, 0.25) is 0 Å². The fourth-order valence-electron chi connectivity index (χ4n) is 4.63. The summed E-state index contributed by atoms with van der Waals surface area (Å²) in [7, 11) is 2.77. The van der Waals surface area contributed by atoms with Gasteiger partial charge in [0.15, 0.2) is 16.3 Å². The van der Waals surface area contributed by atoms with Crippen molar-refractivity contribution in [2.75, 3.05) is 14.2 Å². The molecule has 2 heterocycles. The van der Waals surface area contributed by atoms with E-state index in [-0.39, 0.29) is 21.4 Å². The number of carbonyl (C=O) groups excluding carboxylic acids is 1. The largest absolute Gasteiger partial charge is 0.493 e. The second-order valence-electron chi connectivity index (χ2n) is 9.07. The highest BCUT2D eigenvalue weighted by molar-refractivity contribution is 7.07. The molecule has 1 aliphatic heterocycles. The van der Waals surface area contributed by atoms with Gasteiger partial charge in [0.05, 0.1) is 46.6 Å². The van der Waals surface area contributed by atoms with E-state index >= 15 is 0 Å². The molecule has 0 saturated heterocycles. The second kappa shape index (κ2) is 11.6. The minimum Gasteiger partial charge on any atom is -0.493 e. The number of carbonyl (C=O) groups is 1. The number of allylic oxidation sites excluding steroid dienone is 1. The number of fused-ring (bicyclic) bond motifs is 1. The number of nitrogens with zero attached hydrogens (tertiary/aromatic N) is 3. The van der Waals surface area contributed by atoms with Crippen LogP contribution in [-0.2, 0) is 16.1 Å². The van der Waals surface area contributed by atoms with Crippen LogP contribution < -0.4 is 24.4 Å². The molecule has 1 unspecified atom stereocenters. The van der Waals surface area contributed by atoms with Crippen molar-refractivity contribution >= 4 is 29.1 Å². The van der Waals surface area contributed by atoms with E-state index in [2.05, 4.69) is 4.99 Å². The number of esters is 1. The molecule has 208 valence electrons. The van der Waals surface area contributed by atoms with Crippen LogP contribution in [0.4, 0.5) is 5.69 Å². The molecule has 0 spiro atoms. The third kappa shape index (κ3) is 5.39. The Balaban J connectivity index is 1.64. The Morgan fingerprint density at radius 3 is 2.51 bits per heavy atom. The monoisotopic (exact) mass is 571 g/mol. The summed E-state index contributed by atoms with van der Waals surface area (Å²) < 4.78 is 18.3. The van der Waals surface area contributed by atoms with Gasteiger partial charge in [-0.1, -0.05) is 59.9 Å². The number of nitro benzene ring substituents is 1. The predicted octanol–water partition coefficient (Wildman–Crippen LogP) is 3.90. The summed E-state index contributed by atoms with van der Waals surface area (Å²) >= 11 is 1.08. The first-order chi connectivity index (χ1) is 19.8. The van der Waals surface area contributed by atoms with Gasteiger partial charge in [0, 0.05) is 6.07 Å². The van der Waals surface area contributed by atoms with E-state index in [0.29, 0.717) is 34.2 Å². The summed E-state index contributed by atoms with van der Waals surface area (Å²) in [6.07, 6.45) is 1.47. The zero-order chi connectivity index (χ0) is 29.1. The van der Waals surface area contributed by atoms with E-state index in [1.807, 2.05) is 30.3 Å². The molecular weight excluding hydrogens is 546 g/mol. The van der Waals surface area contributed by atoms with Crippen LogP contribution in [0, 0.1) is 10.1 Å². The van der Waals surface area contributed by atoms with Crippen LogP contribution in [-0.4, -0.2) is 29.7 Å². The number of aromatic nitrogens is 1. The molecule has 0 bridgehead atoms. The van der Waals surface area contributed by atoms with Crippen molar-refractivity contribution in [3.05, 3.63) is 131 Å². The maximum Gasteiger partial charge on any atom is 0.338 e. The lowest BCUT2D eigenvalue weighted by molar-refractivity contribution is -0.385. The number of benzene rings is 3. The van der Waals surface area contributed by atoms with Crippen LogP contribution in [0.1, 0.15) is 29.7 Å². The molecule has 41 heavy (non-hydrogen) atoms. The maximum absolute atomic E-state index is 13.8. The lowest BCUT2D eigenvalue weighted by Crippen LogP contribution is -2.39. The number of ether oxygens (including phenoxy) is 3. The van der Waals surface area contributed by atoms with Crippen molar-refractivity contribution in [1.82, 2.24) is 4.57 Å². The smallest absolute Gasteiger partial charge is 0.338 e. The first-order valence-electron chi connectivity index (χ1n) is 12.5. The van der Waals surface area contributed by atoms with Crippen LogP contribution in [0.15, 0.2) is 93.9 Å². The molecule has 0 aliphatic carbocycles. The number of hydrogen-bond acceptors (Lipinski definition) is 9. The summed E-state index contributed by atoms with van der Waals surface area (Å²) in [5.41, 5.74) is 1.84. The molecule has 3 aromatic carbocycles. The van der Waals surface area contributed by atoms with E-state index < -0.39 is 22.5 Å². The summed E-state index contributed by atoms with van der Waals surface area (Å²) in [4.78, 5) is 42.7. The molecule has 5 rings (SSSR count). The Morgan fingerprint density at radius 1 is 1.07 bits per heavy atom. The van der Waals surface area contributed by atoms with Crippen LogP contribution >= 0.6 is 11.3 Å². The number of rotatable bonds is 8. The standard InChI is InChI=1S/C30H25N3O7S/c1-18-26(29(35)39-3)27(21-13-14-23(24(15-21)38-2)40-17-19-9-5-4-6-10-19)32-28(34)25(41-30(32)31-18)16-20-11-7-8-12-22(20)33(36)37/h4-16,27H,17H2,1-3H3. The highest BCUT2D eigenvalue weighted by atomic mass is 32.1. The molecule has 1 aromatic heterocycles. The molecule has 1 aliphatic rings. The number of para-hydroxylation sites is 1. The van der Waals surface area contributed by atoms with Gasteiger partial charge in [-0.2, -0.15) is 0 Å². The average Bonchev–Trinajstić information content (AvgIpc) is 3.29. The molecule has 10 nitrogen and oxygen atoms in total. The van der Waals surface area contributed by atoms with Crippen molar-refractivity contribution < 1.29 is 23.9 Å². The summed E-state index contributed by atoms with van der Waals surface area (Å²) in [6, 6.07) is 20.1. The average molecular weight is 572 g/mol. The molecule has 0 fully saturated rings. The van der Waals surface area contributed by atoms with Crippen LogP contribution in [0.3, 0.4) is 0 Å². The Hall–Kier alpha value is -5.03. The lowest BCUT2D eigenvalue weighted by Gasteiger charge is -2.25. The lowest BCUT2D eigenvalue weighted by atomic mass is 9.95. The SMILES string of the molecule is COC(=O)C1=C(C)N=c2sc(=Cc3ccccc3[N+](=O)[O-])c(=O)n2C1c1ccc(OCc2ccccc2)c(OC)c1. The zero-order valence-corrected chi connectivity index (χ0v) is 23.2. The molecule has 4 aromatic rings.